The second kappa shape index (κ2) is 15.2. The molecule has 0 saturated heterocycles. The standard InChI is InChI=1S/C14H34N6/c1-3-9-19(11-7-17-2)13-14-20(10-5-16)12-8-18-6-4-15/h2,17-18H,3-16H2,1H3. The first kappa shape index (κ1) is 19.8. The van der Waals surface area contributed by atoms with Gasteiger partial charge in [-0.2, -0.15) is 0 Å². The van der Waals surface area contributed by atoms with Crippen molar-refractivity contribution >= 4 is 0 Å². The zero-order valence-corrected chi connectivity index (χ0v) is 13.1. The molecule has 0 fully saturated rings. The van der Waals surface area contributed by atoms with Crippen LogP contribution in [0.4, 0.5) is 0 Å². The normalized spacial score (nSPS) is 11.7. The summed E-state index contributed by atoms with van der Waals surface area (Å²) < 4.78 is 0. The van der Waals surface area contributed by atoms with E-state index in [0.29, 0.717) is 13.1 Å². The van der Waals surface area contributed by atoms with E-state index in [-0.39, 0.29) is 0 Å². The molecule has 0 aliphatic rings. The van der Waals surface area contributed by atoms with E-state index in [9.17, 15) is 0 Å². The van der Waals surface area contributed by atoms with E-state index in [0.717, 1.165) is 58.9 Å². The Balaban J connectivity index is 3.93. The van der Waals surface area contributed by atoms with Crippen molar-refractivity contribution < 1.29 is 0 Å². The predicted octanol–water partition coefficient (Wildman–Crippen LogP) is -1.23. The molecule has 0 spiro atoms. The van der Waals surface area contributed by atoms with E-state index in [2.05, 4.69) is 27.4 Å². The first-order valence-corrected chi connectivity index (χ1v) is 7.77. The third kappa shape index (κ3) is 11.6. The number of nitrogens with zero attached hydrogens (tertiary/aromatic N) is 2. The molecule has 0 atom stereocenters. The smallest absolute Gasteiger partial charge is 0.0408 e. The van der Waals surface area contributed by atoms with Gasteiger partial charge in [0.2, 0.25) is 0 Å². The average Bonchev–Trinajstić information content (AvgIpc) is 2.46. The first-order chi connectivity index (χ1) is 9.78. The van der Waals surface area contributed by atoms with E-state index >= 15 is 0 Å². The first-order valence-electron chi connectivity index (χ1n) is 7.77. The van der Waals surface area contributed by atoms with Gasteiger partial charge < -0.3 is 27.0 Å². The van der Waals surface area contributed by atoms with Crippen molar-refractivity contribution in [3.05, 3.63) is 7.05 Å². The summed E-state index contributed by atoms with van der Waals surface area (Å²) >= 11 is 0. The second-order valence-corrected chi connectivity index (χ2v) is 4.96. The highest BCUT2D eigenvalue weighted by Crippen LogP contribution is 1.94. The molecule has 0 rings (SSSR count). The Kier molecular flexibility index (Phi) is 15.0. The molecule has 20 heavy (non-hydrogen) atoms. The van der Waals surface area contributed by atoms with Gasteiger partial charge in [-0.25, -0.2) is 0 Å². The number of hydrogen-bond donors (Lipinski definition) is 4. The summed E-state index contributed by atoms with van der Waals surface area (Å²) in [5.41, 5.74) is 11.1. The van der Waals surface area contributed by atoms with E-state index in [1.807, 2.05) is 0 Å². The molecule has 0 saturated carbocycles. The van der Waals surface area contributed by atoms with Gasteiger partial charge in [-0.1, -0.05) is 6.92 Å². The molecule has 0 bridgehead atoms. The lowest BCUT2D eigenvalue weighted by molar-refractivity contribution is 0.207. The van der Waals surface area contributed by atoms with E-state index < -0.39 is 0 Å². The van der Waals surface area contributed by atoms with Crippen LogP contribution in [0.3, 0.4) is 0 Å². The van der Waals surface area contributed by atoms with Crippen molar-refractivity contribution in [2.24, 2.45) is 11.5 Å². The predicted molar refractivity (Wildman–Crippen MR) is 86.5 cm³/mol. The molecule has 6 heteroatoms. The van der Waals surface area contributed by atoms with Gasteiger partial charge in [0, 0.05) is 72.5 Å². The summed E-state index contributed by atoms with van der Waals surface area (Å²) in [5.74, 6) is 0. The molecule has 6 N–H and O–H groups in total. The molecule has 0 amide bonds. The molecule has 0 aliphatic carbocycles. The van der Waals surface area contributed by atoms with Crippen molar-refractivity contribution in [3.63, 3.8) is 0 Å². The molecule has 6 nitrogen and oxygen atoms in total. The van der Waals surface area contributed by atoms with Crippen LogP contribution in [0, 0.1) is 7.05 Å². The summed E-state index contributed by atoms with van der Waals surface area (Å²) in [6, 6.07) is 0. The van der Waals surface area contributed by atoms with Gasteiger partial charge in [0.05, 0.1) is 0 Å². The topological polar surface area (TPSA) is 82.6 Å². The maximum atomic E-state index is 5.68. The largest absolute Gasteiger partial charge is 0.329 e. The average molecular weight is 286 g/mol. The van der Waals surface area contributed by atoms with Crippen LogP contribution in [-0.4, -0.2) is 81.8 Å². The summed E-state index contributed by atoms with van der Waals surface area (Å²) in [6.07, 6.45) is 1.17. The summed E-state index contributed by atoms with van der Waals surface area (Å²) in [4.78, 5) is 4.85. The van der Waals surface area contributed by atoms with Gasteiger partial charge in [-0.15, -0.1) is 0 Å². The summed E-state index contributed by atoms with van der Waals surface area (Å²) in [5, 5.41) is 6.04. The quantitative estimate of drug-likeness (QED) is 0.223. The Bertz CT molecular complexity index is 191. The molecular formula is C14H34N6. The molecule has 0 aromatic carbocycles. The summed E-state index contributed by atoms with van der Waals surface area (Å²) in [7, 11) is 5.35. The highest BCUT2D eigenvalue weighted by atomic mass is 15.2. The highest BCUT2D eigenvalue weighted by Gasteiger charge is 2.07. The molecule has 0 aromatic rings. The molecule has 0 aromatic heterocycles. The zero-order valence-electron chi connectivity index (χ0n) is 13.1. The van der Waals surface area contributed by atoms with Crippen LogP contribution >= 0.6 is 0 Å². The Morgan fingerprint density at radius 1 is 0.800 bits per heavy atom. The third-order valence-corrected chi connectivity index (χ3v) is 3.22. The lowest BCUT2D eigenvalue weighted by atomic mass is 10.3. The van der Waals surface area contributed by atoms with Crippen LogP contribution in [0.25, 0.3) is 0 Å². The SMILES string of the molecule is [CH]NCCN(CCC)CCN(CCN)CCNCCN. The van der Waals surface area contributed by atoms with Crippen LogP contribution in [0.15, 0.2) is 0 Å². The van der Waals surface area contributed by atoms with Crippen LogP contribution in [-0.2, 0) is 0 Å². The Morgan fingerprint density at radius 2 is 1.45 bits per heavy atom. The number of rotatable bonds is 15. The van der Waals surface area contributed by atoms with Crippen molar-refractivity contribution in [2.75, 3.05) is 72.0 Å². The van der Waals surface area contributed by atoms with E-state index in [4.69, 9.17) is 18.5 Å². The van der Waals surface area contributed by atoms with Crippen molar-refractivity contribution in [1.82, 2.24) is 20.4 Å². The maximum Gasteiger partial charge on any atom is 0.0408 e. The number of nitrogens with one attached hydrogen (secondary N) is 2. The van der Waals surface area contributed by atoms with E-state index in [1.54, 1.807) is 0 Å². The number of nitrogens with two attached hydrogens (primary N) is 2. The fourth-order valence-electron chi connectivity index (χ4n) is 2.14. The van der Waals surface area contributed by atoms with Crippen LogP contribution < -0.4 is 22.1 Å². The molecule has 0 heterocycles. The van der Waals surface area contributed by atoms with Gasteiger partial charge in [0.25, 0.3) is 0 Å². The van der Waals surface area contributed by atoms with Crippen LogP contribution in [0.1, 0.15) is 13.3 Å². The maximum absolute atomic E-state index is 5.68. The molecular weight excluding hydrogens is 252 g/mol. The third-order valence-electron chi connectivity index (χ3n) is 3.22. The van der Waals surface area contributed by atoms with Gasteiger partial charge in [0.15, 0.2) is 0 Å². The van der Waals surface area contributed by atoms with Crippen LogP contribution in [0.2, 0.25) is 0 Å². The Labute approximate surface area is 125 Å². The van der Waals surface area contributed by atoms with Gasteiger partial charge in [-0.05, 0) is 13.0 Å². The minimum absolute atomic E-state index is 0.688. The van der Waals surface area contributed by atoms with Gasteiger partial charge in [0.1, 0.15) is 0 Å². The fourth-order valence-corrected chi connectivity index (χ4v) is 2.14. The summed E-state index contributed by atoms with van der Waals surface area (Å²) in [6.45, 7) is 12.4. The van der Waals surface area contributed by atoms with Crippen molar-refractivity contribution in [1.29, 1.82) is 0 Å². The monoisotopic (exact) mass is 286 g/mol. The lowest BCUT2D eigenvalue weighted by Crippen LogP contribution is -2.42. The van der Waals surface area contributed by atoms with Crippen molar-refractivity contribution in [2.45, 2.75) is 13.3 Å². The minimum Gasteiger partial charge on any atom is -0.329 e. The Morgan fingerprint density at radius 3 is 2.00 bits per heavy atom. The van der Waals surface area contributed by atoms with Gasteiger partial charge >= 0.3 is 0 Å². The molecule has 0 aliphatic heterocycles. The van der Waals surface area contributed by atoms with Crippen LogP contribution in [0.5, 0.6) is 0 Å². The second-order valence-electron chi connectivity index (χ2n) is 4.96. The molecule has 120 valence electrons. The highest BCUT2D eigenvalue weighted by molar-refractivity contribution is 4.66. The van der Waals surface area contributed by atoms with E-state index in [1.165, 1.54) is 6.42 Å². The number of hydrogen-bond acceptors (Lipinski definition) is 6. The molecule has 2 radical (unpaired) electrons. The lowest BCUT2D eigenvalue weighted by Gasteiger charge is -2.27. The fraction of sp³-hybridized carbons (Fsp3) is 0.929. The van der Waals surface area contributed by atoms with Crippen molar-refractivity contribution in [3.8, 4) is 0 Å². The zero-order chi connectivity index (χ0) is 15.1. The van der Waals surface area contributed by atoms with Gasteiger partial charge in [-0.3, -0.25) is 4.90 Å². The minimum atomic E-state index is 0.688. The molecule has 0 unspecified atom stereocenters. The Hall–Kier alpha value is -0.240.